The monoisotopic (exact) mass is 276 g/mol. The van der Waals surface area contributed by atoms with Gasteiger partial charge in [0.1, 0.15) is 5.84 Å². The van der Waals surface area contributed by atoms with Gasteiger partial charge in [-0.2, -0.15) is 0 Å². The minimum Gasteiger partial charge on any atom is -0.476 e. The third kappa shape index (κ3) is 1.40. The average Bonchev–Trinajstić information content (AvgIpc) is 2.91. The van der Waals surface area contributed by atoms with E-state index in [4.69, 9.17) is 4.74 Å². The molecule has 106 valence electrons. The Bertz CT molecular complexity index is 599. The molecule has 3 aliphatic heterocycles. The van der Waals surface area contributed by atoms with E-state index < -0.39 is 23.3 Å². The molecule has 2 atom stereocenters. The minimum absolute atomic E-state index is 0.258. The highest BCUT2D eigenvalue weighted by Crippen LogP contribution is 2.40. The van der Waals surface area contributed by atoms with Crippen LogP contribution in [0.25, 0.3) is 0 Å². The molecule has 2 unspecified atom stereocenters. The van der Waals surface area contributed by atoms with E-state index in [0.717, 1.165) is 4.90 Å². The van der Waals surface area contributed by atoms with E-state index >= 15 is 0 Å². The molecule has 3 amide bonds. The maximum atomic E-state index is 12.6. The lowest BCUT2D eigenvalue weighted by atomic mass is 9.96. The molecule has 7 heteroatoms. The van der Waals surface area contributed by atoms with Crippen LogP contribution >= 0.6 is 0 Å². The highest BCUT2D eigenvalue weighted by molar-refractivity contribution is 6.48. The Morgan fingerprint density at radius 1 is 1.35 bits per heavy atom. The van der Waals surface area contributed by atoms with Crippen molar-refractivity contribution >= 4 is 23.5 Å². The molecular weight excluding hydrogens is 260 g/mol. The molecule has 20 heavy (non-hydrogen) atoms. The van der Waals surface area contributed by atoms with E-state index in [1.807, 2.05) is 6.08 Å². The summed E-state index contributed by atoms with van der Waals surface area (Å²) >= 11 is 0. The largest absolute Gasteiger partial charge is 0.476 e. The number of hydrogen-bond donors (Lipinski definition) is 0. The van der Waals surface area contributed by atoms with Crippen molar-refractivity contribution in [1.82, 2.24) is 9.80 Å². The molecule has 0 radical (unpaired) electrons. The van der Waals surface area contributed by atoms with Crippen LogP contribution in [-0.2, 0) is 9.53 Å². The molecule has 0 spiro atoms. The van der Waals surface area contributed by atoms with Gasteiger partial charge in [-0.15, -0.1) is 0 Å². The molecule has 0 aromatic carbocycles. The summed E-state index contributed by atoms with van der Waals surface area (Å²) < 4.78 is 5.60. The highest BCUT2D eigenvalue weighted by Gasteiger charge is 2.59. The number of ether oxygens (including phenoxy) is 1. The van der Waals surface area contributed by atoms with Gasteiger partial charge in [0.25, 0.3) is 5.91 Å². The van der Waals surface area contributed by atoms with Crippen molar-refractivity contribution < 1.29 is 14.3 Å². The molecule has 1 fully saturated rings. The second-order valence-electron chi connectivity index (χ2n) is 5.49. The Balaban J connectivity index is 2.15. The summed E-state index contributed by atoms with van der Waals surface area (Å²) in [4.78, 5) is 36.0. The fourth-order valence-electron chi connectivity index (χ4n) is 2.97. The topological polar surface area (TPSA) is 74.6 Å². The normalized spacial score (nSPS) is 36.0. The Morgan fingerprint density at radius 2 is 2.05 bits per heavy atom. The molecule has 3 aliphatic rings. The maximum absolute atomic E-state index is 12.6. The summed E-state index contributed by atoms with van der Waals surface area (Å²) in [7, 11) is 1.44. The Hall–Kier alpha value is -2.18. The lowest BCUT2D eigenvalue weighted by Gasteiger charge is -2.49. The molecule has 3 rings (SSSR count). The maximum Gasteiger partial charge on any atom is 0.332 e. The molecule has 0 aromatic heterocycles. The van der Waals surface area contributed by atoms with E-state index in [1.54, 1.807) is 27.0 Å². The number of hydrogen-bond acceptors (Lipinski definition) is 5. The quantitative estimate of drug-likeness (QED) is 0.720. The SMILES string of the molecule is CC1=NC2(C)C(=N1)C(=O)N(C)C(=O)N2C1(C)CC=CO1. The van der Waals surface area contributed by atoms with Gasteiger partial charge in [-0.3, -0.25) is 14.6 Å². The lowest BCUT2D eigenvalue weighted by molar-refractivity contribution is -0.131. The Kier molecular flexibility index (Phi) is 2.36. The van der Waals surface area contributed by atoms with Crippen LogP contribution in [0.2, 0.25) is 0 Å². The highest BCUT2D eigenvalue weighted by atomic mass is 16.5. The number of urea groups is 1. The number of imide groups is 1. The van der Waals surface area contributed by atoms with Gasteiger partial charge in [0.05, 0.1) is 6.26 Å². The van der Waals surface area contributed by atoms with E-state index in [1.165, 1.54) is 11.9 Å². The van der Waals surface area contributed by atoms with Crippen LogP contribution in [0.5, 0.6) is 0 Å². The third-order valence-corrected chi connectivity index (χ3v) is 3.91. The second-order valence-corrected chi connectivity index (χ2v) is 5.49. The average molecular weight is 276 g/mol. The van der Waals surface area contributed by atoms with Crippen LogP contribution in [0.15, 0.2) is 22.3 Å². The first-order valence-electron chi connectivity index (χ1n) is 6.40. The Morgan fingerprint density at radius 3 is 2.65 bits per heavy atom. The van der Waals surface area contributed by atoms with E-state index in [0.29, 0.717) is 12.3 Å². The summed E-state index contributed by atoms with van der Waals surface area (Å²) in [6.45, 7) is 5.24. The number of amides is 3. The Labute approximate surface area is 116 Å². The number of carbonyl (C=O) groups excluding carboxylic acids is 2. The summed E-state index contributed by atoms with van der Waals surface area (Å²) in [6, 6.07) is -0.430. The summed E-state index contributed by atoms with van der Waals surface area (Å²) in [5.74, 6) is 0.0717. The fourth-order valence-corrected chi connectivity index (χ4v) is 2.97. The van der Waals surface area contributed by atoms with Crippen LogP contribution < -0.4 is 0 Å². The van der Waals surface area contributed by atoms with Crippen molar-refractivity contribution in [3.05, 3.63) is 12.3 Å². The number of rotatable bonds is 1. The molecule has 0 bridgehead atoms. The predicted octanol–water partition coefficient (Wildman–Crippen LogP) is 1.12. The molecule has 3 heterocycles. The summed E-state index contributed by atoms with van der Waals surface area (Å²) in [5, 5.41) is 0. The molecule has 1 saturated heterocycles. The van der Waals surface area contributed by atoms with Crippen molar-refractivity contribution in [2.45, 2.75) is 38.6 Å². The van der Waals surface area contributed by atoms with Crippen molar-refractivity contribution in [2.75, 3.05) is 7.05 Å². The fraction of sp³-hybridized carbons (Fsp3) is 0.538. The smallest absolute Gasteiger partial charge is 0.332 e. The zero-order chi connectivity index (χ0) is 14.7. The van der Waals surface area contributed by atoms with Crippen molar-refractivity contribution in [2.24, 2.45) is 9.98 Å². The molecule has 0 aliphatic carbocycles. The second kappa shape index (κ2) is 3.68. The van der Waals surface area contributed by atoms with Gasteiger partial charge in [0, 0.05) is 13.5 Å². The van der Waals surface area contributed by atoms with Gasteiger partial charge in [0.15, 0.2) is 17.1 Å². The molecule has 0 saturated carbocycles. The first-order valence-corrected chi connectivity index (χ1v) is 6.40. The molecular formula is C13H16N4O3. The molecule has 0 N–H and O–H groups in total. The summed E-state index contributed by atoms with van der Waals surface area (Å²) in [5.41, 5.74) is -1.71. The zero-order valence-corrected chi connectivity index (χ0v) is 11.9. The van der Waals surface area contributed by atoms with Gasteiger partial charge in [0.2, 0.25) is 0 Å². The van der Waals surface area contributed by atoms with Crippen LogP contribution in [0.1, 0.15) is 27.2 Å². The number of aliphatic imine (C=N–C) groups is 2. The third-order valence-electron chi connectivity index (χ3n) is 3.91. The molecule has 7 nitrogen and oxygen atoms in total. The predicted molar refractivity (Wildman–Crippen MR) is 72.2 cm³/mol. The van der Waals surface area contributed by atoms with Gasteiger partial charge in [-0.1, -0.05) is 0 Å². The van der Waals surface area contributed by atoms with Crippen LogP contribution in [0.3, 0.4) is 0 Å². The van der Waals surface area contributed by atoms with Gasteiger partial charge < -0.3 is 4.74 Å². The van der Waals surface area contributed by atoms with Crippen LogP contribution in [-0.4, -0.2) is 51.7 Å². The first-order chi connectivity index (χ1) is 9.29. The van der Waals surface area contributed by atoms with Gasteiger partial charge >= 0.3 is 6.03 Å². The molecule has 0 aromatic rings. The van der Waals surface area contributed by atoms with E-state index in [-0.39, 0.29) is 5.71 Å². The number of nitrogens with zero attached hydrogens (tertiary/aromatic N) is 4. The van der Waals surface area contributed by atoms with Crippen molar-refractivity contribution in [3.63, 3.8) is 0 Å². The zero-order valence-electron chi connectivity index (χ0n) is 11.9. The number of amidine groups is 1. The standard InChI is InChI=1S/C13H16N4O3/c1-8-14-9-10(18)16(4)11(19)17(13(9,3)15-8)12(2)6-5-7-20-12/h5,7H,6H2,1-4H3. The number of carbonyl (C=O) groups is 2. The summed E-state index contributed by atoms with van der Waals surface area (Å²) in [6.07, 6.45) is 3.95. The van der Waals surface area contributed by atoms with E-state index in [2.05, 4.69) is 9.98 Å². The number of fused-ring (bicyclic) bond motifs is 1. The van der Waals surface area contributed by atoms with Crippen molar-refractivity contribution in [3.8, 4) is 0 Å². The van der Waals surface area contributed by atoms with Crippen LogP contribution in [0.4, 0.5) is 4.79 Å². The van der Waals surface area contributed by atoms with Crippen LogP contribution in [0, 0.1) is 0 Å². The van der Waals surface area contributed by atoms with Gasteiger partial charge in [-0.25, -0.2) is 14.8 Å². The van der Waals surface area contributed by atoms with E-state index in [9.17, 15) is 9.59 Å². The minimum atomic E-state index is -1.11. The lowest BCUT2D eigenvalue weighted by Crippen LogP contribution is -2.71. The van der Waals surface area contributed by atoms with Crippen molar-refractivity contribution in [1.29, 1.82) is 0 Å². The first kappa shape index (κ1) is 12.8. The van der Waals surface area contributed by atoms with Gasteiger partial charge in [-0.05, 0) is 26.8 Å².